The molecule has 8 heteroatoms. The summed E-state index contributed by atoms with van der Waals surface area (Å²) in [4.78, 5) is 16.7. The van der Waals surface area contributed by atoms with Gasteiger partial charge in [0.25, 0.3) is 0 Å². The van der Waals surface area contributed by atoms with Crippen molar-refractivity contribution in [2.75, 3.05) is 5.75 Å². The number of carbonyl (C=O) groups excluding carboxylic acids is 1. The molecule has 1 aliphatic carbocycles. The summed E-state index contributed by atoms with van der Waals surface area (Å²) in [7, 11) is 0. The Labute approximate surface area is 161 Å². The maximum atomic E-state index is 12.3. The molecule has 1 aromatic heterocycles. The van der Waals surface area contributed by atoms with Crippen LogP contribution in [0.3, 0.4) is 0 Å². The first-order valence-electron chi connectivity index (χ1n) is 8.64. The Bertz CT molecular complexity index is 791. The Morgan fingerprint density at radius 3 is 2.62 bits per heavy atom. The van der Waals surface area contributed by atoms with Crippen LogP contribution >= 0.6 is 23.4 Å². The van der Waals surface area contributed by atoms with E-state index in [1.807, 2.05) is 12.1 Å². The summed E-state index contributed by atoms with van der Waals surface area (Å²) in [6.07, 6.45) is 5.65. The standard InChI is InChI=1S/C18H20ClN5OS/c19-14-7-5-13(6-8-14)16-21-17(24-23-16)26-11-15(25)22-18(12-20)9-3-1-2-4-10-18/h5-8H,1-4,9-11H2,(H,22,25)(H,21,23,24). The third-order valence-electron chi connectivity index (χ3n) is 4.46. The molecular weight excluding hydrogens is 370 g/mol. The van der Waals surface area contributed by atoms with Crippen molar-refractivity contribution >= 4 is 29.3 Å². The number of halogens is 1. The van der Waals surface area contributed by atoms with E-state index in [2.05, 4.69) is 26.6 Å². The number of H-pyrrole nitrogens is 1. The van der Waals surface area contributed by atoms with E-state index in [-0.39, 0.29) is 11.7 Å². The van der Waals surface area contributed by atoms with Crippen LogP contribution in [0.15, 0.2) is 29.4 Å². The fourth-order valence-electron chi connectivity index (χ4n) is 3.08. The Kier molecular flexibility index (Phi) is 6.17. The summed E-state index contributed by atoms with van der Waals surface area (Å²) in [6.45, 7) is 0. The molecule has 136 valence electrons. The first kappa shape index (κ1) is 18.7. The Balaban J connectivity index is 1.56. The average molecular weight is 390 g/mol. The van der Waals surface area contributed by atoms with Gasteiger partial charge >= 0.3 is 0 Å². The molecule has 0 atom stereocenters. The number of thioether (sulfide) groups is 1. The van der Waals surface area contributed by atoms with Crippen LogP contribution in [-0.4, -0.2) is 32.4 Å². The van der Waals surface area contributed by atoms with Crippen LogP contribution in [-0.2, 0) is 4.79 Å². The normalized spacial score (nSPS) is 16.5. The van der Waals surface area contributed by atoms with Gasteiger partial charge in [0.2, 0.25) is 11.1 Å². The van der Waals surface area contributed by atoms with Gasteiger partial charge in [-0.2, -0.15) is 5.26 Å². The molecule has 0 aliphatic heterocycles. The van der Waals surface area contributed by atoms with Crippen LogP contribution in [0.4, 0.5) is 0 Å². The summed E-state index contributed by atoms with van der Waals surface area (Å²) in [5, 5.41) is 20.6. The van der Waals surface area contributed by atoms with E-state index in [0.29, 0.717) is 16.0 Å². The van der Waals surface area contributed by atoms with Crippen molar-refractivity contribution in [2.45, 2.75) is 49.2 Å². The molecule has 1 aliphatic rings. The third-order valence-corrected chi connectivity index (χ3v) is 5.56. The number of nitriles is 1. The second-order valence-electron chi connectivity index (χ2n) is 6.42. The highest BCUT2D eigenvalue weighted by Crippen LogP contribution is 2.27. The van der Waals surface area contributed by atoms with Gasteiger partial charge in [0.1, 0.15) is 5.54 Å². The van der Waals surface area contributed by atoms with Gasteiger partial charge in [-0.05, 0) is 37.1 Å². The van der Waals surface area contributed by atoms with Crippen molar-refractivity contribution in [3.8, 4) is 17.5 Å². The van der Waals surface area contributed by atoms with E-state index < -0.39 is 5.54 Å². The highest BCUT2D eigenvalue weighted by atomic mass is 35.5. The molecule has 0 bridgehead atoms. The summed E-state index contributed by atoms with van der Waals surface area (Å²) in [5.41, 5.74) is 0.154. The van der Waals surface area contributed by atoms with E-state index in [4.69, 9.17) is 11.6 Å². The Hall–Kier alpha value is -2.04. The van der Waals surface area contributed by atoms with Gasteiger partial charge < -0.3 is 5.32 Å². The van der Waals surface area contributed by atoms with Crippen molar-refractivity contribution in [1.29, 1.82) is 5.26 Å². The number of aromatic amines is 1. The van der Waals surface area contributed by atoms with Crippen molar-refractivity contribution in [3.05, 3.63) is 29.3 Å². The molecule has 1 saturated carbocycles. The van der Waals surface area contributed by atoms with Gasteiger partial charge in [-0.3, -0.25) is 9.89 Å². The fraction of sp³-hybridized carbons (Fsp3) is 0.444. The van der Waals surface area contributed by atoms with Crippen LogP contribution in [0.1, 0.15) is 38.5 Å². The van der Waals surface area contributed by atoms with E-state index in [1.165, 1.54) is 11.8 Å². The monoisotopic (exact) mass is 389 g/mol. The number of benzene rings is 1. The number of hydrogen-bond donors (Lipinski definition) is 2. The lowest BCUT2D eigenvalue weighted by Gasteiger charge is -2.26. The van der Waals surface area contributed by atoms with E-state index in [9.17, 15) is 10.1 Å². The minimum Gasteiger partial charge on any atom is -0.337 e. The van der Waals surface area contributed by atoms with E-state index >= 15 is 0 Å². The first-order valence-corrected chi connectivity index (χ1v) is 10.00. The maximum absolute atomic E-state index is 12.3. The molecule has 26 heavy (non-hydrogen) atoms. The molecule has 6 nitrogen and oxygen atoms in total. The maximum Gasteiger partial charge on any atom is 0.231 e. The molecule has 0 unspecified atom stereocenters. The minimum absolute atomic E-state index is 0.156. The largest absolute Gasteiger partial charge is 0.337 e. The highest BCUT2D eigenvalue weighted by molar-refractivity contribution is 7.99. The summed E-state index contributed by atoms with van der Waals surface area (Å²) in [5.74, 6) is 0.652. The predicted octanol–water partition coefficient (Wildman–Crippen LogP) is 3.95. The van der Waals surface area contributed by atoms with Gasteiger partial charge in [0.05, 0.1) is 11.8 Å². The lowest BCUT2D eigenvalue weighted by atomic mass is 9.92. The number of aromatic nitrogens is 3. The number of amides is 1. The molecule has 1 fully saturated rings. The summed E-state index contributed by atoms with van der Waals surface area (Å²) < 4.78 is 0. The number of rotatable bonds is 5. The van der Waals surface area contributed by atoms with Crippen LogP contribution in [0.5, 0.6) is 0 Å². The fourth-order valence-corrected chi connectivity index (χ4v) is 3.80. The molecule has 2 aromatic rings. The zero-order chi connectivity index (χ0) is 18.4. The molecule has 1 heterocycles. The van der Waals surface area contributed by atoms with Crippen LogP contribution in [0.25, 0.3) is 11.4 Å². The molecular formula is C18H20ClN5OS. The minimum atomic E-state index is -0.721. The van der Waals surface area contributed by atoms with Crippen molar-refractivity contribution < 1.29 is 4.79 Å². The zero-order valence-electron chi connectivity index (χ0n) is 14.3. The third kappa shape index (κ3) is 4.77. The molecule has 2 N–H and O–H groups in total. The van der Waals surface area contributed by atoms with Crippen LogP contribution in [0.2, 0.25) is 5.02 Å². The molecule has 0 saturated heterocycles. The SMILES string of the molecule is N#CC1(NC(=O)CSc2n[nH]c(-c3ccc(Cl)cc3)n2)CCCCCC1. The van der Waals surface area contributed by atoms with Gasteiger partial charge in [-0.15, -0.1) is 5.10 Å². The number of hydrogen-bond acceptors (Lipinski definition) is 5. The lowest BCUT2D eigenvalue weighted by Crippen LogP contribution is -2.47. The van der Waals surface area contributed by atoms with Crippen molar-refractivity contribution in [2.24, 2.45) is 0 Å². The first-order chi connectivity index (χ1) is 12.6. The smallest absolute Gasteiger partial charge is 0.231 e. The highest BCUT2D eigenvalue weighted by Gasteiger charge is 2.32. The quantitative estimate of drug-likeness (QED) is 0.596. The van der Waals surface area contributed by atoms with Crippen molar-refractivity contribution in [1.82, 2.24) is 20.5 Å². The van der Waals surface area contributed by atoms with Crippen LogP contribution in [0, 0.1) is 11.3 Å². The number of carbonyl (C=O) groups is 1. The predicted molar refractivity (Wildman–Crippen MR) is 102 cm³/mol. The second kappa shape index (κ2) is 8.56. The van der Waals surface area contributed by atoms with Gasteiger partial charge in [0, 0.05) is 10.6 Å². The summed E-state index contributed by atoms with van der Waals surface area (Å²) >= 11 is 7.13. The van der Waals surface area contributed by atoms with Gasteiger partial charge in [-0.25, -0.2) is 4.98 Å². The second-order valence-corrected chi connectivity index (χ2v) is 7.80. The molecule has 1 amide bonds. The zero-order valence-corrected chi connectivity index (χ0v) is 15.9. The van der Waals surface area contributed by atoms with Crippen LogP contribution < -0.4 is 5.32 Å². The average Bonchev–Trinajstić information content (AvgIpc) is 3.00. The molecule has 1 aromatic carbocycles. The van der Waals surface area contributed by atoms with Crippen molar-refractivity contribution in [3.63, 3.8) is 0 Å². The number of nitrogens with zero attached hydrogens (tertiary/aromatic N) is 3. The Morgan fingerprint density at radius 1 is 1.27 bits per heavy atom. The molecule has 0 radical (unpaired) electrons. The Morgan fingerprint density at radius 2 is 1.96 bits per heavy atom. The molecule has 3 rings (SSSR count). The topological polar surface area (TPSA) is 94.5 Å². The van der Waals surface area contributed by atoms with E-state index in [0.717, 1.165) is 44.1 Å². The van der Waals surface area contributed by atoms with E-state index in [1.54, 1.807) is 12.1 Å². The number of nitrogens with one attached hydrogen (secondary N) is 2. The summed E-state index contributed by atoms with van der Waals surface area (Å²) in [6, 6.07) is 9.61. The van der Waals surface area contributed by atoms with Gasteiger partial charge in [0.15, 0.2) is 5.82 Å². The van der Waals surface area contributed by atoms with Gasteiger partial charge in [-0.1, -0.05) is 49.0 Å². The lowest BCUT2D eigenvalue weighted by molar-refractivity contribution is -0.120. The molecule has 0 spiro atoms.